The second-order valence-corrected chi connectivity index (χ2v) is 6.35. The van der Waals surface area contributed by atoms with Crippen molar-refractivity contribution < 1.29 is 18.0 Å². The van der Waals surface area contributed by atoms with Crippen molar-refractivity contribution in [2.45, 2.75) is 19.0 Å². The van der Waals surface area contributed by atoms with Gasteiger partial charge in [0.1, 0.15) is 0 Å². The third-order valence-electron chi connectivity index (χ3n) is 3.63. The fraction of sp³-hybridized carbons (Fsp3) is 0.571. The van der Waals surface area contributed by atoms with Gasteiger partial charge in [-0.25, -0.2) is 0 Å². The summed E-state index contributed by atoms with van der Waals surface area (Å²) >= 11 is 3.25. The number of hydrogen-bond acceptors (Lipinski definition) is 3. The van der Waals surface area contributed by atoms with Crippen molar-refractivity contribution in [2.24, 2.45) is 5.92 Å². The van der Waals surface area contributed by atoms with E-state index in [2.05, 4.69) is 26.2 Å². The van der Waals surface area contributed by atoms with Gasteiger partial charge in [-0.1, -0.05) is 0 Å². The highest BCUT2D eigenvalue weighted by atomic mass is 79.9. The molecule has 1 saturated heterocycles. The third-order valence-corrected chi connectivity index (χ3v) is 4.06. The van der Waals surface area contributed by atoms with Crippen LogP contribution in [0.2, 0.25) is 0 Å². The van der Waals surface area contributed by atoms with Crippen LogP contribution in [0.25, 0.3) is 0 Å². The van der Waals surface area contributed by atoms with Crippen molar-refractivity contribution >= 4 is 21.8 Å². The number of rotatable bonds is 4. The molecule has 0 atom stereocenters. The monoisotopic (exact) mass is 379 g/mol. The minimum Gasteiger partial charge on any atom is -0.352 e. The molecule has 2 rings (SSSR count). The first-order valence-corrected chi connectivity index (χ1v) is 7.80. The molecule has 1 aliphatic rings. The van der Waals surface area contributed by atoms with Crippen LogP contribution in [-0.4, -0.2) is 48.1 Å². The molecule has 0 bridgehead atoms. The summed E-state index contributed by atoms with van der Waals surface area (Å²) < 4.78 is 37.6. The van der Waals surface area contributed by atoms with Gasteiger partial charge in [0.05, 0.1) is 12.1 Å². The zero-order valence-electron chi connectivity index (χ0n) is 11.9. The lowest BCUT2D eigenvalue weighted by atomic mass is 9.96. The van der Waals surface area contributed by atoms with Crippen LogP contribution < -0.4 is 5.32 Å². The molecular formula is C14H17BrF3N3O. The summed E-state index contributed by atoms with van der Waals surface area (Å²) in [5.74, 6) is 0.0000620. The molecule has 8 heteroatoms. The molecular weight excluding hydrogens is 363 g/mol. The van der Waals surface area contributed by atoms with E-state index in [-0.39, 0.29) is 11.8 Å². The summed E-state index contributed by atoms with van der Waals surface area (Å²) in [6, 6.07) is 1.67. The van der Waals surface area contributed by atoms with Gasteiger partial charge >= 0.3 is 6.18 Å². The predicted molar refractivity (Wildman–Crippen MR) is 79.5 cm³/mol. The van der Waals surface area contributed by atoms with Gasteiger partial charge in [-0.3, -0.25) is 14.7 Å². The van der Waals surface area contributed by atoms with Gasteiger partial charge in [0.15, 0.2) is 0 Å². The zero-order chi connectivity index (χ0) is 16.2. The fourth-order valence-corrected chi connectivity index (χ4v) is 2.84. The highest BCUT2D eigenvalue weighted by molar-refractivity contribution is 9.10. The lowest BCUT2D eigenvalue weighted by Gasteiger charge is -2.32. The molecule has 1 N–H and O–H groups in total. The number of piperidine rings is 1. The average molecular weight is 380 g/mol. The molecule has 4 nitrogen and oxygen atoms in total. The molecule has 0 unspecified atom stereocenters. The number of amides is 1. The molecule has 2 heterocycles. The summed E-state index contributed by atoms with van der Waals surface area (Å²) in [7, 11) is 0. The van der Waals surface area contributed by atoms with Gasteiger partial charge in [0, 0.05) is 23.4 Å². The van der Waals surface area contributed by atoms with Gasteiger partial charge in [0.25, 0.3) is 5.91 Å². The molecule has 1 amide bonds. The first-order valence-electron chi connectivity index (χ1n) is 7.01. The van der Waals surface area contributed by atoms with Crippen molar-refractivity contribution in [2.75, 3.05) is 26.2 Å². The molecule has 0 aliphatic carbocycles. The van der Waals surface area contributed by atoms with Crippen molar-refractivity contribution in [1.29, 1.82) is 0 Å². The first-order chi connectivity index (χ1) is 10.3. The Morgan fingerprint density at radius 3 is 2.64 bits per heavy atom. The number of alkyl halides is 3. The van der Waals surface area contributed by atoms with Crippen LogP contribution in [0, 0.1) is 5.92 Å². The molecule has 22 heavy (non-hydrogen) atoms. The van der Waals surface area contributed by atoms with Crippen LogP contribution in [0.4, 0.5) is 13.2 Å². The van der Waals surface area contributed by atoms with Crippen molar-refractivity contribution in [3.8, 4) is 0 Å². The number of likely N-dealkylation sites (tertiary alicyclic amines) is 1. The number of hydrogen-bond donors (Lipinski definition) is 1. The summed E-state index contributed by atoms with van der Waals surface area (Å²) in [6.07, 6.45) is 0.244. The Bertz CT molecular complexity index is 516. The second kappa shape index (κ2) is 7.41. The summed E-state index contributed by atoms with van der Waals surface area (Å²) in [4.78, 5) is 17.3. The van der Waals surface area contributed by atoms with Gasteiger partial charge in [-0.2, -0.15) is 13.2 Å². The van der Waals surface area contributed by atoms with Crippen LogP contribution >= 0.6 is 15.9 Å². The molecule has 0 radical (unpaired) electrons. The highest BCUT2D eigenvalue weighted by Crippen LogP contribution is 2.22. The minimum absolute atomic E-state index is 0.216. The Morgan fingerprint density at radius 2 is 2.05 bits per heavy atom. The number of pyridine rings is 1. The quantitative estimate of drug-likeness (QED) is 0.874. The first kappa shape index (κ1) is 17.2. The van der Waals surface area contributed by atoms with E-state index in [9.17, 15) is 18.0 Å². The summed E-state index contributed by atoms with van der Waals surface area (Å²) in [5.41, 5.74) is 0.462. The highest BCUT2D eigenvalue weighted by Gasteiger charge is 2.32. The van der Waals surface area contributed by atoms with Gasteiger partial charge < -0.3 is 5.32 Å². The molecule has 0 spiro atoms. The summed E-state index contributed by atoms with van der Waals surface area (Å²) in [6.45, 7) is 0.456. The normalized spacial score (nSPS) is 17.5. The lowest BCUT2D eigenvalue weighted by Crippen LogP contribution is -2.42. The average Bonchev–Trinajstić information content (AvgIpc) is 2.44. The van der Waals surface area contributed by atoms with E-state index in [1.54, 1.807) is 12.3 Å². The predicted octanol–water partition coefficient (Wildman–Crippen LogP) is 2.85. The van der Waals surface area contributed by atoms with Crippen LogP contribution in [0.15, 0.2) is 22.9 Å². The van der Waals surface area contributed by atoms with E-state index in [4.69, 9.17) is 0 Å². The Hall–Kier alpha value is -1.15. The minimum atomic E-state index is -4.14. The van der Waals surface area contributed by atoms with E-state index in [1.165, 1.54) is 11.1 Å². The smallest absolute Gasteiger partial charge is 0.352 e. The van der Waals surface area contributed by atoms with Gasteiger partial charge in [0.2, 0.25) is 0 Å². The molecule has 1 aromatic rings. The number of nitrogens with zero attached hydrogens (tertiary/aromatic N) is 2. The Morgan fingerprint density at radius 1 is 1.36 bits per heavy atom. The second-order valence-electron chi connectivity index (χ2n) is 5.44. The van der Waals surface area contributed by atoms with Gasteiger partial charge in [-0.05, 0) is 53.8 Å². The zero-order valence-corrected chi connectivity index (χ0v) is 13.5. The SMILES string of the molecule is O=C(NCC1CCN(CC(F)(F)F)CC1)c1cncc(Br)c1. The maximum Gasteiger partial charge on any atom is 0.401 e. The standard InChI is InChI=1S/C14H17BrF3N3O/c15-12-5-11(7-19-8-12)13(22)20-6-10-1-3-21(4-2-10)9-14(16,17)18/h5,7-8,10H,1-4,6,9H2,(H,20,22). The largest absolute Gasteiger partial charge is 0.401 e. The van der Waals surface area contributed by atoms with Crippen molar-refractivity contribution in [3.63, 3.8) is 0 Å². The molecule has 122 valence electrons. The molecule has 0 saturated carbocycles. The van der Waals surface area contributed by atoms with E-state index in [1.807, 2.05) is 0 Å². The van der Waals surface area contributed by atoms with Crippen LogP contribution in [0.1, 0.15) is 23.2 Å². The van der Waals surface area contributed by atoms with Gasteiger partial charge in [-0.15, -0.1) is 0 Å². The van der Waals surface area contributed by atoms with E-state index >= 15 is 0 Å². The topological polar surface area (TPSA) is 45.2 Å². The fourth-order valence-electron chi connectivity index (χ4n) is 2.48. The number of carbonyl (C=O) groups is 1. The number of nitrogens with one attached hydrogen (secondary N) is 1. The third kappa shape index (κ3) is 5.57. The van der Waals surface area contributed by atoms with E-state index in [0.717, 1.165) is 4.47 Å². The Labute approximate surface area is 135 Å². The number of aromatic nitrogens is 1. The van der Waals surface area contributed by atoms with Crippen LogP contribution in [0.3, 0.4) is 0 Å². The number of carbonyl (C=O) groups excluding carboxylic acids is 1. The van der Waals surface area contributed by atoms with E-state index in [0.29, 0.717) is 38.0 Å². The van der Waals surface area contributed by atoms with E-state index < -0.39 is 12.7 Å². The summed E-state index contributed by atoms with van der Waals surface area (Å²) in [5, 5.41) is 2.82. The van der Waals surface area contributed by atoms with Crippen molar-refractivity contribution in [3.05, 3.63) is 28.5 Å². The Kier molecular flexibility index (Phi) is 5.80. The van der Waals surface area contributed by atoms with Crippen molar-refractivity contribution in [1.82, 2.24) is 15.2 Å². The Balaban J connectivity index is 1.74. The number of halogens is 4. The van der Waals surface area contributed by atoms with Crippen LogP contribution in [0.5, 0.6) is 0 Å². The molecule has 1 fully saturated rings. The molecule has 0 aromatic carbocycles. The molecule has 1 aromatic heterocycles. The molecule has 1 aliphatic heterocycles. The van der Waals surface area contributed by atoms with Crippen LogP contribution in [-0.2, 0) is 0 Å². The maximum absolute atomic E-state index is 12.3. The lowest BCUT2D eigenvalue weighted by molar-refractivity contribution is -0.148. The maximum atomic E-state index is 12.3.